The number of rotatable bonds is 2. The molecule has 1 fully saturated rings. The van der Waals surface area contributed by atoms with Crippen molar-refractivity contribution in [2.24, 2.45) is 0 Å². The number of esters is 2. The summed E-state index contributed by atoms with van der Waals surface area (Å²) >= 11 is 0. The molecule has 1 saturated heterocycles. The van der Waals surface area contributed by atoms with Crippen LogP contribution in [-0.4, -0.2) is 29.6 Å². The minimum Gasteiger partial charge on any atom is -0.463 e. The van der Waals surface area contributed by atoms with Crippen molar-refractivity contribution in [1.29, 1.82) is 0 Å². The van der Waals surface area contributed by atoms with Crippen molar-refractivity contribution in [3.05, 3.63) is 46.2 Å². The fourth-order valence-corrected chi connectivity index (χ4v) is 2.15. The first kappa shape index (κ1) is 12.4. The van der Waals surface area contributed by atoms with Crippen LogP contribution in [0.2, 0.25) is 0 Å². The highest BCUT2D eigenvalue weighted by Gasteiger charge is 2.31. The maximum Gasteiger partial charge on any atom is 0.347 e. The highest BCUT2D eigenvalue weighted by molar-refractivity contribution is 6.03. The van der Waals surface area contributed by atoms with Crippen molar-refractivity contribution in [2.45, 2.75) is 12.5 Å². The fraction of sp³-hybridized carbons (Fsp3) is 0.214. The molecule has 2 aromatic rings. The summed E-state index contributed by atoms with van der Waals surface area (Å²) in [6.07, 6.45) is -0.549. The number of carbonyl (C=O) groups is 2. The van der Waals surface area contributed by atoms with Crippen LogP contribution < -0.4 is 5.56 Å². The predicted octanol–water partition coefficient (Wildman–Crippen LogP) is 1.00. The third-order valence-corrected chi connectivity index (χ3v) is 3.11. The lowest BCUT2D eigenvalue weighted by Crippen LogP contribution is -2.23. The van der Waals surface area contributed by atoms with Gasteiger partial charge >= 0.3 is 11.9 Å². The van der Waals surface area contributed by atoms with Crippen LogP contribution in [0.3, 0.4) is 0 Å². The number of para-hydroxylation sites is 1. The highest BCUT2D eigenvalue weighted by atomic mass is 16.6. The van der Waals surface area contributed by atoms with Crippen molar-refractivity contribution in [3.8, 4) is 0 Å². The minimum absolute atomic E-state index is 0.143. The Hall–Kier alpha value is -2.63. The fourth-order valence-electron chi connectivity index (χ4n) is 2.15. The number of hydrogen-bond acceptors (Lipinski definition) is 5. The van der Waals surface area contributed by atoms with Crippen LogP contribution in [0, 0.1) is 0 Å². The van der Waals surface area contributed by atoms with E-state index in [2.05, 4.69) is 4.98 Å². The monoisotopic (exact) mass is 273 g/mol. The van der Waals surface area contributed by atoms with Crippen LogP contribution in [0.5, 0.6) is 0 Å². The Morgan fingerprint density at radius 1 is 1.30 bits per heavy atom. The van der Waals surface area contributed by atoms with E-state index in [9.17, 15) is 14.4 Å². The van der Waals surface area contributed by atoms with Gasteiger partial charge in [-0.05, 0) is 6.07 Å². The van der Waals surface area contributed by atoms with Crippen LogP contribution >= 0.6 is 0 Å². The maximum atomic E-state index is 12.1. The van der Waals surface area contributed by atoms with Gasteiger partial charge in [0.15, 0.2) is 0 Å². The number of aromatic nitrogens is 1. The Labute approximate surface area is 113 Å². The third-order valence-electron chi connectivity index (χ3n) is 3.11. The molecule has 0 bridgehead atoms. The molecule has 2 heterocycles. The van der Waals surface area contributed by atoms with E-state index in [4.69, 9.17) is 9.47 Å². The second-order valence-corrected chi connectivity index (χ2v) is 4.44. The molecule has 1 N–H and O–H groups in total. The molecular formula is C14H11NO5. The molecule has 0 radical (unpaired) electrons. The SMILES string of the molecule is O=C(OC1CCOC1=O)c1cc(=O)[nH]c2ccccc12. The molecule has 0 amide bonds. The average Bonchev–Trinajstić information content (AvgIpc) is 2.83. The molecule has 0 spiro atoms. The number of hydrogen-bond donors (Lipinski definition) is 1. The van der Waals surface area contributed by atoms with E-state index < -0.39 is 23.6 Å². The molecule has 1 aliphatic rings. The molecule has 1 aromatic carbocycles. The molecule has 1 atom stereocenters. The van der Waals surface area contributed by atoms with Crippen LogP contribution in [0.4, 0.5) is 0 Å². The number of fused-ring (bicyclic) bond motifs is 1. The molecule has 1 unspecified atom stereocenters. The molecular weight excluding hydrogens is 262 g/mol. The quantitative estimate of drug-likeness (QED) is 0.825. The second kappa shape index (κ2) is 4.80. The van der Waals surface area contributed by atoms with Gasteiger partial charge in [0.1, 0.15) is 0 Å². The van der Waals surface area contributed by atoms with E-state index in [0.29, 0.717) is 17.3 Å². The Morgan fingerprint density at radius 3 is 2.85 bits per heavy atom. The summed E-state index contributed by atoms with van der Waals surface area (Å²) in [4.78, 5) is 37.6. The van der Waals surface area contributed by atoms with Gasteiger partial charge in [0.05, 0.1) is 12.2 Å². The first-order chi connectivity index (χ1) is 9.65. The Balaban J connectivity index is 1.99. The maximum absolute atomic E-state index is 12.1. The third kappa shape index (κ3) is 2.16. The van der Waals surface area contributed by atoms with E-state index >= 15 is 0 Å². The normalized spacial score (nSPS) is 18.0. The van der Waals surface area contributed by atoms with Gasteiger partial charge in [0.25, 0.3) is 0 Å². The summed E-state index contributed by atoms with van der Waals surface area (Å²) in [6.45, 7) is 0.243. The number of carbonyl (C=O) groups excluding carboxylic acids is 2. The number of cyclic esters (lactones) is 1. The summed E-state index contributed by atoms with van der Waals surface area (Å²) in [5.74, 6) is -1.25. The van der Waals surface area contributed by atoms with Crippen molar-refractivity contribution < 1.29 is 19.1 Å². The lowest BCUT2D eigenvalue weighted by Gasteiger charge is -2.09. The van der Waals surface area contributed by atoms with Crippen LogP contribution in [0.15, 0.2) is 35.1 Å². The van der Waals surface area contributed by atoms with Crippen molar-refractivity contribution in [1.82, 2.24) is 4.98 Å². The van der Waals surface area contributed by atoms with Gasteiger partial charge in [-0.2, -0.15) is 0 Å². The lowest BCUT2D eigenvalue weighted by molar-refractivity contribution is -0.145. The molecule has 102 valence electrons. The standard InChI is InChI=1S/C14H11NO5/c16-12-7-9(8-3-1-2-4-10(8)15-12)13(17)20-11-5-6-19-14(11)18/h1-4,7,11H,5-6H2,(H,15,16). The number of benzene rings is 1. The summed E-state index contributed by atoms with van der Waals surface area (Å²) < 4.78 is 9.84. The molecule has 1 aromatic heterocycles. The molecule has 6 nitrogen and oxygen atoms in total. The first-order valence-electron chi connectivity index (χ1n) is 6.15. The van der Waals surface area contributed by atoms with Gasteiger partial charge in [-0.3, -0.25) is 4.79 Å². The average molecular weight is 273 g/mol. The lowest BCUT2D eigenvalue weighted by atomic mass is 10.1. The van der Waals surface area contributed by atoms with Crippen molar-refractivity contribution >= 4 is 22.8 Å². The van der Waals surface area contributed by atoms with Crippen LogP contribution in [0.25, 0.3) is 10.9 Å². The van der Waals surface area contributed by atoms with Gasteiger partial charge in [-0.1, -0.05) is 18.2 Å². The van der Waals surface area contributed by atoms with E-state index in [-0.39, 0.29) is 12.2 Å². The molecule has 3 rings (SSSR count). The van der Waals surface area contributed by atoms with Gasteiger partial charge in [-0.15, -0.1) is 0 Å². The van der Waals surface area contributed by atoms with Gasteiger partial charge in [0.2, 0.25) is 11.7 Å². The Bertz CT molecular complexity index is 749. The number of nitrogens with one attached hydrogen (secondary N) is 1. The summed E-state index contributed by atoms with van der Waals surface area (Å²) in [6, 6.07) is 8.07. The summed E-state index contributed by atoms with van der Waals surface area (Å²) in [7, 11) is 0. The van der Waals surface area contributed by atoms with Gasteiger partial charge < -0.3 is 14.5 Å². The number of ether oxygens (including phenoxy) is 2. The van der Waals surface area contributed by atoms with E-state index in [0.717, 1.165) is 0 Å². The zero-order chi connectivity index (χ0) is 14.1. The van der Waals surface area contributed by atoms with Gasteiger partial charge in [0, 0.05) is 23.4 Å². The molecule has 20 heavy (non-hydrogen) atoms. The van der Waals surface area contributed by atoms with Crippen molar-refractivity contribution in [2.75, 3.05) is 6.61 Å². The van der Waals surface area contributed by atoms with E-state index in [1.807, 2.05) is 0 Å². The van der Waals surface area contributed by atoms with Crippen LogP contribution in [-0.2, 0) is 14.3 Å². The second-order valence-electron chi connectivity index (χ2n) is 4.44. The van der Waals surface area contributed by atoms with Gasteiger partial charge in [-0.25, -0.2) is 9.59 Å². The minimum atomic E-state index is -0.888. The number of pyridine rings is 1. The highest BCUT2D eigenvalue weighted by Crippen LogP contribution is 2.18. The van der Waals surface area contributed by atoms with E-state index in [1.54, 1.807) is 24.3 Å². The van der Waals surface area contributed by atoms with Crippen molar-refractivity contribution in [3.63, 3.8) is 0 Å². The molecule has 6 heteroatoms. The number of aromatic amines is 1. The zero-order valence-electron chi connectivity index (χ0n) is 10.4. The van der Waals surface area contributed by atoms with Crippen LogP contribution in [0.1, 0.15) is 16.8 Å². The molecule has 0 aliphatic carbocycles. The topological polar surface area (TPSA) is 85.5 Å². The largest absolute Gasteiger partial charge is 0.463 e. The molecule has 0 saturated carbocycles. The molecule has 1 aliphatic heterocycles. The number of H-pyrrole nitrogens is 1. The summed E-state index contributed by atoms with van der Waals surface area (Å²) in [5.41, 5.74) is 0.287. The Morgan fingerprint density at radius 2 is 2.10 bits per heavy atom. The van der Waals surface area contributed by atoms with E-state index in [1.165, 1.54) is 6.07 Å². The summed E-state index contributed by atoms with van der Waals surface area (Å²) in [5, 5.41) is 0.573. The zero-order valence-corrected chi connectivity index (χ0v) is 10.4. The predicted molar refractivity (Wildman–Crippen MR) is 69.3 cm³/mol. The Kier molecular flexibility index (Phi) is 2.98. The first-order valence-corrected chi connectivity index (χ1v) is 6.15. The smallest absolute Gasteiger partial charge is 0.347 e.